The van der Waals surface area contributed by atoms with E-state index in [2.05, 4.69) is 28.2 Å². The molecule has 1 amide bonds. The summed E-state index contributed by atoms with van der Waals surface area (Å²) in [5.74, 6) is 0.0137. The molecule has 3 heteroatoms. The van der Waals surface area contributed by atoms with E-state index in [0.29, 0.717) is 0 Å². The van der Waals surface area contributed by atoms with Gasteiger partial charge < -0.3 is 5.32 Å². The number of nitrogens with one attached hydrogen (secondary N) is 1. The Morgan fingerprint density at radius 3 is 2.81 bits per heavy atom. The molecule has 1 rings (SSSR count). The molecule has 1 aromatic rings. The van der Waals surface area contributed by atoms with Gasteiger partial charge in [-0.3, -0.25) is 4.79 Å². The van der Waals surface area contributed by atoms with Crippen molar-refractivity contribution in [1.82, 2.24) is 5.32 Å². The molecule has 0 aromatic heterocycles. The molecule has 0 fully saturated rings. The second-order valence-electron chi connectivity index (χ2n) is 4.08. The molecule has 0 saturated carbocycles. The molecule has 2 nitrogen and oxygen atoms in total. The van der Waals surface area contributed by atoms with E-state index in [-0.39, 0.29) is 11.9 Å². The van der Waals surface area contributed by atoms with Crippen molar-refractivity contribution in [2.24, 2.45) is 0 Å². The number of carbonyl (C=O) groups is 1. The fraction of sp³-hybridized carbons (Fsp3) is 0.462. The molecule has 0 aliphatic carbocycles. The summed E-state index contributed by atoms with van der Waals surface area (Å²) in [4.78, 5) is 12.0. The predicted molar refractivity (Wildman–Crippen MR) is 70.7 cm³/mol. The first-order chi connectivity index (χ1) is 7.56. The number of rotatable bonds is 4. The van der Waals surface area contributed by atoms with Crippen LogP contribution in [0.3, 0.4) is 0 Å². The second kappa shape index (κ2) is 6.04. The summed E-state index contributed by atoms with van der Waals surface area (Å²) >= 11 is 3.43. The van der Waals surface area contributed by atoms with Gasteiger partial charge in [0.1, 0.15) is 0 Å². The van der Waals surface area contributed by atoms with E-state index < -0.39 is 0 Å². The van der Waals surface area contributed by atoms with Crippen LogP contribution in [0.2, 0.25) is 0 Å². The normalized spacial score (nSPS) is 12.2. The first-order valence-electron chi connectivity index (χ1n) is 5.62. The van der Waals surface area contributed by atoms with Crippen molar-refractivity contribution >= 4 is 21.8 Å². The standard InChI is InChI=1S/C13H18BrNO/c1-4-6-9(2)15-13(16)11-7-5-8-12(14)10(11)3/h5,7-9H,4,6H2,1-3H3,(H,15,16). The predicted octanol–water partition coefficient (Wildman–Crippen LogP) is 3.68. The van der Waals surface area contributed by atoms with Gasteiger partial charge in [0, 0.05) is 16.1 Å². The highest BCUT2D eigenvalue weighted by Crippen LogP contribution is 2.19. The zero-order chi connectivity index (χ0) is 12.1. The Balaban J connectivity index is 2.77. The quantitative estimate of drug-likeness (QED) is 0.898. The largest absolute Gasteiger partial charge is 0.350 e. The van der Waals surface area contributed by atoms with E-state index >= 15 is 0 Å². The minimum atomic E-state index is 0.0137. The van der Waals surface area contributed by atoms with Crippen LogP contribution >= 0.6 is 15.9 Å². The van der Waals surface area contributed by atoms with Crippen LogP contribution in [0, 0.1) is 6.92 Å². The van der Waals surface area contributed by atoms with E-state index in [9.17, 15) is 4.79 Å². The molecule has 1 unspecified atom stereocenters. The lowest BCUT2D eigenvalue weighted by atomic mass is 10.1. The molecule has 16 heavy (non-hydrogen) atoms. The van der Waals surface area contributed by atoms with Crippen LogP contribution in [0.15, 0.2) is 22.7 Å². The minimum absolute atomic E-state index is 0.0137. The van der Waals surface area contributed by atoms with Gasteiger partial charge in [0.15, 0.2) is 0 Å². The van der Waals surface area contributed by atoms with E-state index in [0.717, 1.165) is 28.4 Å². The average Bonchev–Trinajstić information content (AvgIpc) is 2.22. The third kappa shape index (κ3) is 3.34. The molecular formula is C13H18BrNO. The highest BCUT2D eigenvalue weighted by atomic mass is 79.9. The summed E-state index contributed by atoms with van der Waals surface area (Å²) in [5.41, 5.74) is 1.74. The maximum atomic E-state index is 12.0. The second-order valence-corrected chi connectivity index (χ2v) is 4.93. The Labute approximate surface area is 106 Å². The van der Waals surface area contributed by atoms with Crippen molar-refractivity contribution < 1.29 is 4.79 Å². The highest BCUT2D eigenvalue weighted by molar-refractivity contribution is 9.10. The van der Waals surface area contributed by atoms with Gasteiger partial charge in [-0.25, -0.2) is 0 Å². The van der Waals surface area contributed by atoms with Gasteiger partial charge in [-0.2, -0.15) is 0 Å². The van der Waals surface area contributed by atoms with Gasteiger partial charge in [0.25, 0.3) is 5.91 Å². The van der Waals surface area contributed by atoms with Crippen LogP contribution in [-0.4, -0.2) is 11.9 Å². The first kappa shape index (κ1) is 13.2. The molecule has 88 valence electrons. The van der Waals surface area contributed by atoms with Gasteiger partial charge in [0.05, 0.1) is 0 Å². The zero-order valence-corrected chi connectivity index (χ0v) is 11.6. The minimum Gasteiger partial charge on any atom is -0.350 e. The molecule has 1 atom stereocenters. The Morgan fingerprint density at radius 2 is 2.19 bits per heavy atom. The van der Waals surface area contributed by atoms with Gasteiger partial charge >= 0.3 is 0 Å². The number of hydrogen-bond donors (Lipinski definition) is 1. The number of carbonyl (C=O) groups excluding carboxylic acids is 1. The van der Waals surface area contributed by atoms with E-state index in [4.69, 9.17) is 0 Å². The number of benzene rings is 1. The zero-order valence-electron chi connectivity index (χ0n) is 10.0. The molecule has 0 heterocycles. The maximum Gasteiger partial charge on any atom is 0.251 e. The summed E-state index contributed by atoms with van der Waals surface area (Å²) in [6.45, 7) is 6.10. The molecule has 0 bridgehead atoms. The monoisotopic (exact) mass is 283 g/mol. The molecule has 0 spiro atoms. The lowest BCUT2D eigenvalue weighted by Gasteiger charge is -2.14. The molecule has 0 saturated heterocycles. The summed E-state index contributed by atoms with van der Waals surface area (Å²) < 4.78 is 0.975. The van der Waals surface area contributed by atoms with Crippen LogP contribution in [0.4, 0.5) is 0 Å². The Kier molecular flexibility index (Phi) is 5.00. The van der Waals surface area contributed by atoms with Crippen LogP contribution < -0.4 is 5.32 Å². The fourth-order valence-electron chi connectivity index (χ4n) is 1.66. The Bertz CT molecular complexity index is 376. The van der Waals surface area contributed by atoms with Gasteiger partial charge in [-0.1, -0.05) is 35.3 Å². The van der Waals surface area contributed by atoms with Crippen molar-refractivity contribution in [3.8, 4) is 0 Å². The van der Waals surface area contributed by atoms with Crippen molar-refractivity contribution in [1.29, 1.82) is 0 Å². The molecule has 1 N–H and O–H groups in total. The highest BCUT2D eigenvalue weighted by Gasteiger charge is 2.12. The van der Waals surface area contributed by atoms with Crippen molar-refractivity contribution in [2.75, 3.05) is 0 Å². The molecule has 0 aliphatic heterocycles. The third-order valence-electron chi connectivity index (χ3n) is 2.61. The van der Waals surface area contributed by atoms with Crippen LogP contribution in [0.5, 0.6) is 0 Å². The molecular weight excluding hydrogens is 266 g/mol. The maximum absolute atomic E-state index is 12.0. The van der Waals surface area contributed by atoms with Crippen LogP contribution in [-0.2, 0) is 0 Å². The van der Waals surface area contributed by atoms with Gasteiger partial charge in [-0.15, -0.1) is 0 Å². The van der Waals surface area contributed by atoms with Crippen molar-refractivity contribution in [3.63, 3.8) is 0 Å². The Morgan fingerprint density at radius 1 is 1.50 bits per heavy atom. The van der Waals surface area contributed by atoms with Crippen LogP contribution in [0.25, 0.3) is 0 Å². The number of amides is 1. The third-order valence-corrected chi connectivity index (χ3v) is 3.47. The molecule has 0 aliphatic rings. The smallest absolute Gasteiger partial charge is 0.251 e. The number of halogens is 1. The number of hydrogen-bond acceptors (Lipinski definition) is 1. The van der Waals surface area contributed by atoms with Crippen molar-refractivity contribution in [3.05, 3.63) is 33.8 Å². The lowest BCUT2D eigenvalue weighted by Crippen LogP contribution is -2.32. The van der Waals surface area contributed by atoms with Gasteiger partial charge in [0.2, 0.25) is 0 Å². The summed E-state index contributed by atoms with van der Waals surface area (Å²) in [6.07, 6.45) is 2.09. The summed E-state index contributed by atoms with van der Waals surface area (Å²) in [7, 11) is 0. The van der Waals surface area contributed by atoms with E-state index in [1.165, 1.54) is 0 Å². The average molecular weight is 284 g/mol. The summed E-state index contributed by atoms with van der Waals surface area (Å²) in [6, 6.07) is 5.92. The topological polar surface area (TPSA) is 29.1 Å². The van der Waals surface area contributed by atoms with E-state index in [1.54, 1.807) is 0 Å². The summed E-state index contributed by atoms with van der Waals surface area (Å²) in [5, 5.41) is 3.01. The fourth-order valence-corrected chi connectivity index (χ4v) is 2.03. The van der Waals surface area contributed by atoms with E-state index in [1.807, 2.05) is 32.0 Å². The Hall–Kier alpha value is -0.830. The first-order valence-corrected chi connectivity index (χ1v) is 6.41. The van der Waals surface area contributed by atoms with Crippen LogP contribution in [0.1, 0.15) is 42.6 Å². The SMILES string of the molecule is CCCC(C)NC(=O)c1cccc(Br)c1C. The molecule has 1 aromatic carbocycles. The lowest BCUT2D eigenvalue weighted by molar-refractivity contribution is 0.0937. The van der Waals surface area contributed by atoms with Crippen molar-refractivity contribution in [2.45, 2.75) is 39.7 Å². The molecule has 0 radical (unpaired) electrons. The van der Waals surface area contributed by atoms with Gasteiger partial charge in [-0.05, 0) is 38.0 Å².